The van der Waals surface area contributed by atoms with Crippen LogP contribution >= 0.6 is 0 Å². The SMILES string of the molecule is CCc1[nH]nc(C(=O)NCc2nn[nH]n2)c1N. The lowest BCUT2D eigenvalue weighted by molar-refractivity contribution is 0.0946. The van der Waals surface area contributed by atoms with Gasteiger partial charge in [0.25, 0.3) is 5.91 Å². The molecule has 0 aliphatic carbocycles. The second-order valence-corrected chi connectivity index (χ2v) is 3.33. The molecular weight excluding hydrogens is 224 g/mol. The lowest BCUT2D eigenvalue weighted by Gasteiger charge is -2.00. The van der Waals surface area contributed by atoms with Crippen LogP contribution in [0.25, 0.3) is 0 Å². The molecule has 0 aromatic carbocycles. The number of carbonyl (C=O) groups excluding carboxylic acids is 1. The number of aryl methyl sites for hydroxylation is 1. The fourth-order valence-electron chi connectivity index (χ4n) is 1.33. The van der Waals surface area contributed by atoms with Gasteiger partial charge >= 0.3 is 0 Å². The third kappa shape index (κ3) is 2.22. The number of rotatable bonds is 4. The van der Waals surface area contributed by atoms with Crippen molar-refractivity contribution in [2.45, 2.75) is 19.9 Å². The van der Waals surface area contributed by atoms with Gasteiger partial charge in [0.05, 0.1) is 17.9 Å². The molecule has 0 radical (unpaired) electrons. The smallest absolute Gasteiger partial charge is 0.274 e. The Balaban J connectivity index is 2.02. The summed E-state index contributed by atoms with van der Waals surface area (Å²) < 4.78 is 0. The van der Waals surface area contributed by atoms with Crippen LogP contribution in [-0.4, -0.2) is 36.7 Å². The number of nitrogen functional groups attached to an aromatic ring is 1. The summed E-state index contributed by atoms with van der Waals surface area (Å²) in [6, 6.07) is 0. The topological polar surface area (TPSA) is 138 Å². The molecule has 2 rings (SSSR count). The average molecular weight is 236 g/mol. The van der Waals surface area contributed by atoms with Crippen molar-refractivity contribution in [3.8, 4) is 0 Å². The van der Waals surface area contributed by atoms with Crippen molar-refractivity contribution >= 4 is 11.6 Å². The first kappa shape index (κ1) is 11.0. The molecule has 1 amide bonds. The van der Waals surface area contributed by atoms with Crippen molar-refractivity contribution in [3.63, 3.8) is 0 Å². The summed E-state index contributed by atoms with van der Waals surface area (Å²) in [5.74, 6) is 0.0198. The van der Waals surface area contributed by atoms with Gasteiger partial charge in [-0.3, -0.25) is 9.89 Å². The monoisotopic (exact) mass is 236 g/mol. The molecule has 90 valence electrons. The van der Waals surface area contributed by atoms with Crippen LogP contribution in [0.5, 0.6) is 0 Å². The summed E-state index contributed by atoms with van der Waals surface area (Å²) in [4.78, 5) is 11.7. The number of aromatic nitrogens is 6. The number of H-pyrrole nitrogens is 2. The van der Waals surface area contributed by atoms with E-state index in [-0.39, 0.29) is 18.1 Å². The Morgan fingerprint density at radius 3 is 2.88 bits per heavy atom. The maximum Gasteiger partial charge on any atom is 0.274 e. The van der Waals surface area contributed by atoms with Crippen LogP contribution in [0.3, 0.4) is 0 Å². The van der Waals surface area contributed by atoms with Crippen LogP contribution in [0.1, 0.15) is 28.9 Å². The van der Waals surface area contributed by atoms with Gasteiger partial charge in [-0.1, -0.05) is 12.1 Å². The van der Waals surface area contributed by atoms with Crippen LogP contribution in [0, 0.1) is 0 Å². The number of aromatic amines is 2. The van der Waals surface area contributed by atoms with Gasteiger partial charge in [-0.05, 0) is 6.42 Å². The molecule has 0 saturated heterocycles. The molecular formula is C8H12N8O. The van der Waals surface area contributed by atoms with Crippen LogP contribution in [0.15, 0.2) is 0 Å². The molecule has 0 aliphatic heterocycles. The zero-order valence-corrected chi connectivity index (χ0v) is 9.19. The fourth-order valence-corrected chi connectivity index (χ4v) is 1.33. The molecule has 0 spiro atoms. The van der Waals surface area contributed by atoms with Gasteiger partial charge in [-0.25, -0.2) is 0 Å². The maximum absolute atomic E-state index is 11.7. The number of carbonyl (C=O) groups is 1. The maximum atomic E-state index is 11.7. The zero-order chi connectivity index (χ0) is 12.3. The number of anilines is 1. The van der Waals surface area contributed by atoms with Gasteiger partial charge in [0.15, 0.2) is 11.5 Å². The molecule has 9 nitrogen and oxygen atoms in total. The molecule has 17 heavy (non-hydrogen) atoms. The Morgan fingerprint density at radius 1 is 1.47 bits per heavy atom. The number of nitrogens with one attached hydrogen (secondary N) is 3. The quantitative estimate of drug-likeness (QED) is 0.537. The van der Waals surface area contributed by atoms with Gasteiger partial charge in [0.1, 0.15) is 0 Å². The standard InChI is InChI=1S/C8H12N8O/c1-2-4-6(9)7(14-11-4)8(17)10-3-5-12-15-16-13-5/h2-3,9H2,1H3,(H,10,17)(H,11,14)(H,12,13,15,16). The molecule has 2 heterocycles. The van der Waals surface area contributed by atoms with Gasteiger partial charge in [-0.15, -0.1) is 10.2 Å². The number of tetrazole rings is 1. The number of nitrogens with zero attached hydrogens (tertiary/aromatic N) is 4. The second-order valence-electron chi connectivity index (χ2n) is 3.33. The molecule has 0 aliphatic rings. The number of nitrogens with two attached hydrogens (primary N) is 1. The summed E-state index contributed by atoms with van der Waals surface area (Å²) >= 11 is 0. The first-order valence-electron chi connectivity index (χ1n) is 5.05. The van der Waals surface area contributed by atoms with E-state index in [1.54, 1.807) is 0 Å². The Bertz CT molecular complexity index is 502. The zero-order valence-electron chi connectivity index (χ0n) is 9.19. The van der Waals surface area contributed by atoms with Gasteiger partial charge in [-0.2, -0.15) is 10.3 Å². The van der Waals surface area contributed by atoms with E-state index in [9.17, 15) is 4.79 Å². The molecule has 0 fully saturated rings. The van der Waals surface area contributed by atoms with E-state index in [0.29, 0.717) is 17.9 Å². The first-order valence-corrected chi connectivity index (χ1v) is 5.05. The highest BCUT2D eigenvalue weighted by Gasteiger charge is 2.16. The molecule has 0 saturated carbocycles. The fraction of sp³-hybridized carbons (Fsp3) is 0.375. The van der Waals surface area contributed by atoms with Crippen LogP contribution < -0.4 is 11.1 Å². The molecule has 2 aromatic heterocycles. The highest BCUT2D eigenvalue weighted by molar-refractivity contribution is 5.97. The van der Waals surface area contributed by atoms with E-state index in [0.717, 1.165) is 5.69 Å². The normalized spacial score (nSPS) is 10.4. The molecule has 9 heteroatoms. The third-order valence-electron chi connectivity index (χ3n) is 2.25. The Kier molecular flexibility index (Phi) is 2.99. The van der Waals surface area contributed by atoms with E-state index < -0.39 is 0 Å². The van der Waals surface area contributed by atoms with Crippen molar-refractivity contribution < 1.29 is 4.79 Å². The highest BCUT2D eigenvalue weighted by Crippen LogP contribution is 2.13. The lowest BCUT2D eigenvalue weighted by atomic mass is 10.2. The van der Waals surface area contributed by atoms with Crippen LogP contribution in [0.2, 0.25) is 0 Å². The van der Waals surface area contributed by atoms with Crippen molar-refractivity contribution in [2.24, 2.45) is 0 Å². The lowest BCUT2D eigenvalue weighted by Crippen LogP contribution is -2.24. The van der Waals surface area contributed by atoms with E-state index in [4.69, 9.17) is 5.73 Å². The minimum Gasteiger partial charge on any atom is -0.395 e. The van der Waals surface area contributed by atoms with E-state index in [1.165, 1.54) is 0 Å². The second kappa shape index (κ2) is 4.60. The molecule has 0 atom stereocenters. The largest absolute Gasteiger partial charge is 0.395 e. The third-order valence-corrected chi connectivity index (χ3v) is 2.25. The van der Waals surface area contributed by atoms with Gasteiger partial charge < -0.3 is 11.1 Å². The summed E-state index contributed by atoms with van der Waals surface area (Å²) in [5, 5.41) is 22.2. The predicted octanol–water partition coefficient (Wildman–Crippen LogP) is -1.00. The molecule has 0 bridgehead atoms. The number of hydrogen-bond acceptors (Lipinski definition) is 6. The minimum atomic E-state index is -0.372. The Hall–Kier alpha value is -2.45. The van der Waals surface area contributed by atoms with Crippen LogP contribution in [-0.2, 0) is 13.0 Å². The highest BCUT2D eigenvalue weighted by atomic mass is 16.2. The summed E-state index contributed by atoms with van der Waals surface area (Å²) in [6.45, 7) is 2.09. The van der Waals surface area contributed by atoms with E-state index >= 15 is 0 Å². The predicted molar refractivity (Wildman–Crippen MR) is 57.7 cm³/mol. The minimum absolute atomic E-state index is 0.170. The molecule has 5 N–H and O–H groups in total. The van der Waals surface area contributed by atoms with E-state index in [2.05, 4.69) is 36.1 Å². The molecule has 0 unspecified atom stereocenters. The Morgan fingerprint density at radius 2 is 2.29 bits per heavy atom. The summed E-state index contributed by atoms with van der Waals surface area (Å²) in [5.41, 5.74) is 7.06. The van der Waals surface area contributed by atoms with E-state index in [1.807, 2.05) is 6.92 Å². The van der Waals surface area contributed by atoms with Crippen molar-refractivity contribution in [1.82, 2.24) is 36.1 Å². The van der Waals surface area contributed by atoms with Crippen molar-refractivity contribution in [3.05, 3.63) is 17.2 Å². The first-order chi connectivity index (χ1) is 8.22. The average Bonchev–Trinajstić information content (AvgIpc) is 2.95. The van der Waals surface area contributed by atoms with Gasteiger partial charge in [0, 0.05) is 0 Å². The number of amides is 1. The Labute approximate surface area is 96.2 Å². The van der Waals surface area contributed by atoms with Crippen molar-refractivity contribution in [2.75, 3.05) is 5.73 Å². The molecule has 2 aromatic rings. The summed E-state index contributed by atoms with van der Waals surface area (Å²) in [6.07, 6.45) is 0.691. The number of hydrogen-bond donors (Lipinski definition) is 4. The van der Waals surface area contributed by atoms with Gasteiger partial charge in [0.2, 0.25) is 0 Å². The summed E-state index contributed by atoms with van der Waals surface area (Å²) in [7, 11) is 0. The van der Waals surface area contributed by atoms with Crippen LogP contribution in [0.4, 0.5) is 5.69 Å². The van der Waals surface area contributed by atoms with Crippen molar-refractivity contribution in [1.29, 1.82) is 0 Å².